The van der Waals surface area contributed by atoms with E-state index in [0.717, 1.165) is 16.9 Å². The first kappa shape index (κ1) is 24.7. The lowest BCUT2D eigenvalue weighted by atomic mass is 9.93. The molecule has 0 aliphatic carbocycles. The van der Waals surface area contributed by atoms with Crippen LogP contribution >= 0.6 is 0 Å². The highest BCUT2D eigenvalue weighted by Crippen LogP contribution is 2.29. The average Bonchev–Trinajstić information content (AvgIpc) is 2.85. The van der Waals surface area contributed by atoms with Gasteiger partial charge in [0, 0.05) is 12.0 Å². The van der Waals surface area contributed by atoms with Crippen molar-refractivity contribution < 1.29 is 28.6 Å². The molecule has 0 heterocycles. The van der Waals surface area contributed by atoms with E-state index in [1.54, 1.807) is 26.0 Å². The molecule has 0 bridgehead atoms. The van der Waals surface area contributed by atoms with Crippen LogP contribution in [-0.4, -0.2) is 30.9 Å². The number of esters is 2. The smallest absolute Gasteiger partial charge is 0.320 e. The van der Waals surface area contributed by atoms with Crippen LogP contribution < -0.4 is 4.74 Å². The lowest BCUT2D eigenvalue weighted by Gasteiger charge is -2.15. The van der Waals surface area contributed by atoms with Gasteiger partial charge in [-0.25, -0.2) is 0 Å². The molecule has 0 unspecified atom stereocenters. The molecule has 176 valence electrons. The van der Waals surface area contributed by atoms with E-state index in [-0.39, 0.29) is 31.8 Å². The van der Waals surface area contributed by atoms with Gasteiger partial charge < -0.3 is 14.2 Å². The second kappa shape index (κ2) is 12.3. The Bertz CT molecular complexity index is 1090. The number of carbonyl (C=O) groups is 3. The molecule has 0 fully saturated rings. The van der Waals surface area contributed by atoms with Crippen LogP contribution in [0.3, 0.4) is 0 Å². The van der Waals surface area contributed by atoms with E-state index in [4.69, 9.17) is 14.2 Å². The Morgan fingerprint density at radius 3 is 1.88 bits per heavy atom. The van der Waals surface area contributed by atoms with Crippen molar-refractivity contribution in [2.75, 3.05) is 13.2 Å². The van der Waals surface area contributed by atoms with Gasteiger partial charge in [-0.1, -0.05) is 54.6 Å². The molecule has 0 atom stereocenters. The third-order valence-electron chi connectivity index (χ3n) is 5.17. The minimum atomic E-state index is -1.12. The van der Waals surface area contributed by atoms with Gasteiger partial charge in [-0.2, -0.15) is 0 Å². The molecule has 6 heteroatoms. The zero-order chi connectivity index (χ0) is 24.3. The fourth-order valence-electron chi connectivity index (χ4n) is 3.53. The maximum atomic E-state index is 13.1. The topological polar surface area (TPSA) is 78.9 Å². The van der Waals surface area contributed by atoms with E-state index in [2.05, 4.69) is 0 Å². The maximum Gasteiger partial charge on any atom is 0.320 e. The van der Waals surface area contributed by atoms with Gasteiger partial charge in [-0.15, -0.1) is 0 Å². The molecule has 3 aromatic carbocycles. The van der Waals surface area contributed by atoms with Gasteiger partial charge in [0.05, 0.1) is 13.2 Å². The number of ketones is 1. The number of hydrogen-bond acceptors (Lipinski definition) is 6. The first-order chi connectivity index (χ1) is 16.5. The van der Waals surface area contributed by atoms with Gasteiger partial charge in [0.2, 0.25) is 0 Å². The molecule has 0 spiro atoms. The molecule has 0 aromatic heterocycles. The highest BCUT2D eigenvalue weighted by atomic mass is 16.6. The number of rotatable bonds is 11. The van der Waals surface area contributed by atoms with E-state index < -0.39 is 17.9 Å². The van der Waals surface area contributed by atoms with Crippen LogP contribution in [0, 0.1) is 5.92 Å². The van der Waals surface area contributed by atoms with Crippen molar-refractivity contribution in [1.29, 1.82) is 0 Å². The fraction of sp³-hybridized carbons (Fsp3) is 0.250. The zero-order valence-corrected chi connectivity index (χ0v) is 19.4. The van der Waals surface area contributed by atoms with Gasteiger partial charge in [0.1, 0.15) is 11.5 Å². The molecule has 0 saturated heterocycles. The fourth-order valence-corrected chi connectivity index (χ4v) is 3.53. The molecule has 0 aliphatic heterocycles. The first-order valence-corrected chi connectivity index (χ1v) is 11.3. The van der Waals surface area contributed by atoms with Crippen molar-refractivity contribution in [3.8, 4) is 22.6 Å². The predicted octanol–water partition coefficient (Wildman–Crippen LogP) is 5.85. The highest BCUT2D eigenvalue weighted by Gasteiger charge is 2.30. The quantitative estimate of drug-likeness (QED) is 0.203. The Balaban J connectivity index is 1.74. The predicted molar refractivity (Wildman–Crippen MR) is 129 cm³/mol. The monoisotopic (exact) mass is 460 g/mol. The molecule has 0 saturated carbocycles. The van der Waals surface area contributed by atoms with E-state index in [1.165, 1.54) is 0 Å². The van der Waals surface area contributed by atoms with Crippen molar-refractivity contribution in [2.45, 2.75) is 26.7 Å². The summed E-state index contributed by atoms with van der Waals surface area (Å²) in [6.07, 6.45) is 0.0310. The summed E-state index contributed by atoms with van der Waals surface area (Å²) in [4.78, 5) is 37.5. The molecular weight excluding hydrogens is 432 g/mol. The van der Waals surface area contributed by atoms with E-state index in [9.17, 15) is 14.4 Å². The summed E-state index contributed by atoms with van der Waals surface area (Å²) >= 11 is 0. The van der Waals surface area contributed by atoms with Crippen molar-refractivity contribution >= 4 is 17.7 Å². The lowest BCUT2D eigenvalue weighted by Crippen LogP contribution is -2.28. The van der Waals surface area contributed by atoms with E-state index in [0.29, 0.717) is 11.3 Å². The van der Waals surface area contributed by atoms with Gasteiger partial charge in [-0.3, -0.25) is 14.4 Å². The molecule has 3 rings (SSSR count). The molecule has 0 N–H and O–H groups in total. The number of benzene rings is 3. The van der Waals surface area contributed by atoms with Crippen LogP contribution in [-0.2, 0) is 19.1 Å². The SMILES string of the molecule is CCOC(=O)C(CCC(=O)c1ccccc1-c1ccc(Oc2ccccc2)cc1)C(=O)OCC. The van der Waals surface area contributed by atoms with Crippen LogP contribution in [0.4, 0.5) is 0 Å². The van der Waals surface area contributed by atoms with Crippen LogP contribution in [0.25, 0.3) is 11.1 Å². The van der Waals surface area contributed by atoms with E-state index in [1.807, 2.05) is 66.7 Å². The van der Waals surface area contributed by atoms with Crippen molar-refractivity contribution in [3.05, 3.63) is 84.4 Å². The Kier molecular flexibility index (Phi) is 8.97. The third-order valence-corrected chi connectivity index (χ3v) is 5.17. The lowest BCUT2D eigenvalue weighted by molar-refractivity contribution is -0.161. The highest BCUT2D eigenvalue weighted by molar-refractivity contribution is 6.03. The van der Waals surface area contributed by atoms with Gasteiger partial charge >= 0.3 is 11.9 Å². The van der Waals surface area contributed by atoms with Crippen molar-refractivity contribution in [1.82, 2.24) is 0 Å². The molecule has 0 amide bonds. The zero-order valence-electron chi connectivity index (χ0n) is 19.4. The third kappa shape index (κ3) is 6.54. The summed E-state index contributed by atoms with van der Waals surface area (Å²) in [5.41, 5.74) is 2.14. The number of para-hydroxylation sites is 1. The van der Waals surface area contributed by atoms with Crippen LogP contribution in [0.2, 0.25) is 0 Å². The van der Waals surface area contributed by atoms with Crippen LogP contribution in [0.5, 0.6) is 11.5 Å². The molecule has 0 aliphatic rings. The number of ether oxygens (including phenoxy) is 3. The molecule has 0 radical (unpaired) electrons. The Labute approximate surface area is 199 Å². The summed E-state index contributed by atoms with van der Waals surface area (Å²) < 4.78 is 15.8. The Morgan fingerprint density at radius 2 is 1.26 bits per heavy atom. The summed E-state index contributed by atoms with van der Waals surface area (Å²) in [7, 11) is 0. The summed E-state index contributed by atoms with van der Waals surface area (Å²) in [6.45, 7) is 3.63. The Morgan fingerprint density at radius 1 is 0.706 bits per heavy atom. The van der Waals surface area contributed by atoms with E-state index >= 15 is 0 Å². The standard InChI is InChI=1S/C28H28O6/c1-3-32-27(30)25(28(31)33-4-2)18-19-26(29)24-13-9-8-12-23(24)20-14-16-22(17-15-20)34-21-10-6-5-7-11-21/h5-17,25H,3-4,18-19H2,1-2H3. The second-order valence-electron chi connectivity index (χ2n) is 7.50. The van der Waals surface area contributed by atoms with Gasteiger partial charge in [0.25, 0.3) is 0 Å². The minimum Gasteiger partial charge on any atom is -0.465 e. The van der Waals surface area contributed by atoms with Crippen molar-refractivity contribution in [2.24, 2.45) is 5.92 Å². The summed E-state index contributed by atoms with van der Waals surface area (Å²) in [5.74, 6) is -1.20. The number of hydrogen-bond donors (Lipinski definition) is 0. The van der Waals surface area contributed by atoms with Crippen LogP contribution in [0.15, 0.2) is 78.9 Å². The second-order valence-corrected chi connectivity index (χ2v) is 7.50. The summed E-state index contributed by atoms with van der Waals surface area (Å²) in [6, 6.07) is 24.2. The average molecular weight is 461 g/mol. The first-order valence-electron chi connectivity index (χ1n) is 11.3. The molecular formula is C28H28O6. The van der Waals surface area contributed by atoms with Gasteiger partial charge in [0.15, 0.2) is 11.7 Å². The molecule has 3 aromatic rings. The largest absolute Gasteiger partial charge is 0.465 e. The molecule has 6 nitrogen and oxygen atoms in total. The van der Waals surface area contributed by atoms with Crippen LogP contribution in [0.1, 0.15) is 37.0 Å². The molecule has 34 heavy (non-hydrogen) atoms. The number of Topliss-reactive ketones (excluding diaryl/α,β-unsaturated/α-hetero) is 1. The van der Waals surface area contributed by atoms with Gasteiger partial charge in [-0.05, 0) is 55.7 Å². The maximum absolute atomic E-state index is 13.1. The minimum absolute atomic E-state index is 0.00844. The Hall–Kier alpha value is -3.93. The summed E-state index contributed by atoms with van der Waals surface area (Å²) in [5, 5.41) is 0. The normalized spacial score (nSPS) is 10.6. The van der Waals surface area contributed by atoms with Crippen molar-refractivity contribution in [3.63, 3.8) is 0 Å². The number of carbonyl (C=O) groups excluding carboxylic acids is 3.